The zero-order chi connectivity index (χ0) is 16.0. The van der Waals surface area contributed by atoms with E-state index in [1.807, 2.05) is 20.8 Å². The number of nitrogens with one attached hydrogen (secondary N) is 1. The fourth-order valence-corrected chi connectivity index (χ4v) is 1.46. The highest BCUT2D eigenvalue weighted by atomic mass is 19.1. The van der Waals surface area contributed by atoms with Crippen LogP contribution in [0.3, 0.4) is 0 Å². The average molecular weight is 297 g/mol. The van der Waals surface area contributed by atoms with E-state index in [4.69, 9.17) is 9.47 Å². The summed E-state index contributed by atoms with van der Waals surface area (Å²) in [6.07, 6.45) is 0. The molecule has 0 aliphatic carbocycles. The van der Waals surface area contributed by atoms with Crippen LogP contribution >= 0.6 is 0 Å². The van der Waals surface area contributed by atoms with Gasteiger partial charge < -0.3 is 14.8 Å². The summed E-state index contributed by atoms with van der Waals surface area (Å²) in [5.41, 5.74) is -0.236. The Kier molecular flexibility index (Phi) is 6.14. The zero-order valence-electron chi connectivity index (χ0n) is 12.6. The molecule has 0 aliphatic rings. The lowest BCUT2D eigenvalue weighted by Gasteiger charge is -2.17. The van der Waals surface area contributed by atoms with Crippen LogP contribution in [-0.4, -0.2) is 31.6 Å². The number of ether oxygens (including phenoxy) is 2. The van der Waals surface area contributed by atoms with Crippen LogP contribution in [0.5, 0.6) is 5.75 Å². The summed E-state index contributed by atoms with van der Waals surface area (Å²) in [5.74, 6) is -1.49. The molecule has 1 unspecified atom stereocenters. The van der Waals surface area contributed by atoms with Gasteiger partial charge in [0.2, 0.25) is 0 Å². The van der Waals surface area contributed by atoms with Gasteiger partial charge in [0.15, 0.2) is 6.61 Å². The quantitative estimate of drug-likeness (QED) is 0.817. The molecule has 0 saturated heterocycles. The first-order valence-electron chi connectivity index (χ1n) is 6.65. The highest BCUT2D eigenvalue weighted by molar-refractivity contribution is 5.91. The number of carbonyl (C=O) groups is 2. The molecule has 116 valence electrons. The van der Waals surface area contributed by atoms with Crippen molar-refractivity contribution in [2.45, 2.75) is 26.8 Å². The Hall–Kier alpha value is -2.11. The lowest BCUT2D eigenvalue weighted by molar-refractivity contribution is -0.125. The van der Waals surface area contributed by atoms with Gasteiger partial charge in [0.25, 0.3) is 5.91 Å². The van der Waals surface area contributed by atoms with Crippen LogP contribution < -0.4 is 10.1 Å². The van der Waals surface area contributed by atoms with Crippen molar-refractivity contribution in [3.8, 4) is 5.75 Å². The number of methoxy groups -OCH3 is 1. The van der Waals surface area contributed by atoms with Crippen molar-refractivity contribution in [3.05, 3.63) is 29.6 Å². The fourth-order valence-electron chi connectivity index (χ4n) is 1.46. The molecule has 0 fully saturated rings. The van der Waals surface area contributed by atoms with Crippen molar-refractivity contribution < 1.29 is 23.5 Å². The van der Waals surface area contributed by atoms with Crippen molar-refractivity contribution in [1.29, 1.82) is 0 Å². The molecule has 21 heavy (non-hydrogen) atoms. The number of halogens is 1. The predicted octanol–water partition coefficient (Wildman–Crippen LogP) is 2.15. The van der Waals surface area contributed by atoms with Gasteiger partial charge in [0.05, 0.1) is 12.7 Å². The molecule has 1 aromatic carbocycles. The van der Waals surface area contributed by atoms with E-state index < -0.39 is 24.3 Å². The summed E-state index contributed by atoms with van der Waals surface area (Å²) in [5, 5.41) is 2.69. The third-order valence-corrected chi connectivity index (χ3v) is 3.12. The largest absolute Gasteiger partial charge is 0.497 e. The summed E-state index contributed by atoms with van der Waals surface area (Å²) in [6, 6.07) is 3.75. The third-order valence-electron chi connectivity index (χ3n) is 3.12. The molecular weight excluding hydrogens is 277 g/mol. The molecule has 0 aliphatic heterocycles. The van der Waals surface area contributed by atoms with Crippen LogP contribution in [0.25, 0.3) is 0 Å². The summed E-state index contributed by atoms with van der Waals surface area (Å²) in [4.78, 5) is 23.3. The maximum atomic E-state index is 13.6. The lowest BCUT2D eigenvalue weighted by atomic mass is 10.1. The van der Waals surface area contributed by atoms with E-state index in [0.717, 1.165) is 6.07 Å². The second-order valence-corrected chi connectivity index (χ2v) is 5.02. The Labute approximate surface area is 123 Å². The minimum Gasteiger partial charge on any atom is -0.497 e. The average Bonchev–Trinajstić information content (AvgIpc) is 2.44. The minimum atomic E-state index is -0.887. The molecule has 0 aromatic heterocycles. The Bertz CT molecular complexity index is 516. The number of amides is 1. The summed E-state index contributed by atoms with van der Waals surface area (Å²) in [7, 11) is 1.40. The van der Waals surface area contributed by atoms with Gasteiger partial charge in [-0.15, -0.1) is 0 Å². The summed E-state index contributed by atoms with van der Waals surface area (Å²) < 4.78 is 23.3. The summed E-state index contributed by atoms with van der Waals surface area (Å²) >= 11 is 0. The number of rotatable bonds is 6. The van der Waals surface area contributed by atoms with Gasteiger partial charge in [-0.2, -0.15) is 0 Å². The van der Waals surface area contributed by atoms with E-state index in [2.05, 4.69) is 5.32 Å². The second kappa shape index (κ2) is 7.61. The summed E-state index contributed by atoms with van der Waals surface area (Å²) in [6.45, 7) is 5.34. The molecule has 0 radical (unpaired) electrons. The van der Waals surface area contributed by atoms with E-state index in [0.29, 0.717) is 5.75 Å². The van der Waals surface area contributed by atoms with Gasteiger partial charge in [0, 0.05) is 12.1 Å². The van der Waals surface area contributed by atoms with Crippen LogP contribution in [0.15, 0.2) is 18.2 Å². The molecule has 1 rings (SSSR count). The highest BCUT2D eigenvalue weighted by Crippen LogP contribution is 2.16. The van der Waals surface area contributed by atoms with Crippen molar-refractivity contribution in [2.75, 3.05) is 13.7 Å². The predicted molar refractivity (Wildman–Crippen MR) is 75.7 cm³/mol. The van der Waals surface area contributed by atoms with Crippen molar-refractivity contribution in [3.63, 3.8) is 0 Å². The third kappa shape index (κ3) is 5.06. The molecule has 5 nitrogen and oxygen atoms in total. The molecule has 0 heterocycles. The van der Waals surface area contributed by atoms with E-state index in [1.54, 1.807) is 0 Å². The SMILES string of the molecule is COc1ccc(C(=O)OCC(=O)NC(C)C(C)C)c(F)c1. The zero-order valence-corrected chi connectivity index (χ0v) is 12.6. The smallest absolute Gasteiger partial charge is 0.341 e. The maximum absolute atomic E-state index is 13.6. The minimum absolute atomic E-state index is 0.0334. The maximum Gasteiger partial charge on any atom is 0.341 e. The standard InChI is InChI=1S/C15H20FNO4/c1-9(2)10(3)17-14(18)8-21-15(19)12-6-5-11(20-4)7-13(12)16/h5-7,9-10H,8H2,1-4H3,(H,17,18). The molecule has 1 aromatic rings. The lowest BCUT2D eigenvalue weighted by Crippen LogP contribution is -2.38. The number of hydrogen-bond donors (Lipinski definition) is 1. The van der Waals surface area contributed by atoms with E-state index >= 15 is 0 Å². The first kappa shape index (κ1) is 16.9. The van der Waals surface area contributed by atoms with Crippen LogP contribution in [0.2, 0.25) is 0 Å². The first-order valence-corrected chi connectivity index (χ1v) is 6.65. The van der Waals surface area contributed by atoms with Crippen molar-refractivity contribution in [2.24, 2.45) is 5.92 Å². The monoisotopic (exact) mass is 297 g/mol. The van der Waals surface area contributed by atoms with Gasteiger partial charge >= 0.3 is 5.97 Å². The number of carbonyl (C=O) groups excluding carboxylic acids is 2. The molecule has 0 saturated carbocycles. The van der Waals surface area contributed by atoms with Gasteiger partial charge in [-0.05, 0) is 25.0 Å². The van der Waals surface area contributed by atoms with Crippen LogP contribution in [0, 0.1) is 11.7 Å². The van der Waals surface area contributed by atoms with Crippen LogP contribution in [0.1, 0.15) is 31.1 Å². The molecule has 1 N–H and O–H groups in total. The van der Waals surface area contributed by atoms with Crippen molar-refractivity contribution in [1.82, 2.24) is 5.32 Å². The Morgan fingerprint density at radius 3 is 2.48 bits per heavy atom. The van der Waals surface area contributed by atoms with Gasteiger partial charge in [-0.3, -0.25) is 4.79 Å². The van der Waals surface area contributed by atoms with Crippen LogP contribution in [0.4, 0.5) is 4.39 Å². The fraction of sp³-hybridized carbons (Fsp3) is 0.467. The normalized spacial score (nSPS) is 11.9. The van der Waals surface area contributed by atoms with Gasteiger partial charge in [-0.1, -0.05) is 13.8 Å². The van der Waals surface area contributed by atoms with Crippen LogP contribution in [-0.2, 0) is 9.53 Å². The molecule has 6 heteroatoms. The van der Waals surface area contributed by atoms with E-state index in [-0.39, 0.29) is 17.5 Å². The molecule has 0 bridgehead atoms. The molecule has 1 atom stereocenters. The Balaban J connectivity index is 2.56. The number of hydrogen-bond acceptors (Lipinski definition) is 4. The van der Waals surface area contributed by atoms with Gasteiger partial charge in [0.1, 0.15) is 11.6 Å². The highest BCUT2D eigenvalue weighted by Gasteiger charge is 2.17. The molecule has 1 amide bonds. The first-order chi connectivity index (χ1) is 9.85. The van der Waals surface area contributed by atoms with Gasteiger partial charge in [-0.25, -0.2) is 9.18 Å². The van der Waals surface area contributed by atoms with E-state index in [9.17, 15) is 14.0 Å². The number of benzene rings is 1. The molecule has 0 spiro atoms. The Morgan fingerprint density at radius 2 is 1.95 bits per heavy atom. The van der Waals surface area contributed by atoms with E-state index in [1.165, 1.54) is 19.2 Å². The number of esters is 1. The molecular formula is C15H20FNO4. The van der Waals surface area contributed by atoms with Crippen molar-refractivity contribution >= 4 is 11.9 Å². The topological polar surface area (TPSA) is 64.6 Å². The second-order valence-electron chi connectivity index (χ2n) is 5.02. The Morgan fingerprint density at radius 1 is 1.29 bits per heavy atom.